The lowest BCUT2D eigenvalue weighted by Crippen LogP contribution is -2.13. The van der Waals surface area contributed by atoms with Gasteiger partial charge in [0.25, 0.3) is 0 Å². The molecule has 0 atom stereocenters. The molecule has 0 N–H and O–H groups in total. The lowest BCUT2D eigenvalue weighted by Gasteiger charge is -2.28. The Morgan fingerprint density at radius 2 is 2.00 bits per heavy atom. The molecule has 1 aromatic rings. The molecule has 0 unspecified atom stereocenters. The average Bonchev–Trinajstić information content (AvgIpc) is 2.46. The van der Waals surface area contributed by atoms with Crippen molar-refractivity contribution in [1.29, 1.82) is 0 Å². The quantitative estimate of drug-likeness (QED) is 0.720. The molecule has 0 aromatic carbocycles. The summed E-state index contributed by atoms with van der Waals surface area (Å²) in [4.78, 5) is 3.96. The fourth-order valence-corrected chi connectivity index (χ4v) is 3.07. The second kappa shape index (κ2) is 7.55. The van der Waals surface area contributed by atoms with Crippen LogP contribution in [0.5, 0.6) is 5.88 Å². The molecule has 1 fully saturated rings. The Morgan fingerprint density at radius 1 is 1.25 bits per heavy atom. The summed E-state index contributed by atoms with van der Waals surface area (Å²) < 4.78 is 28.4. The third kappa shape index (κ3) is 4.43. The van der Waals surface area contributed by atoms with E-state index in [1.807, 2.05) is 6.07 Å². The highest BCUT2D eigenvalue weighted by Gasteiger charge is 2.22. The topological polar surface area (TPSA) is 22.1 Å². The standard InChI is InChI=1S/C16H23F2NO/c1-2-3-4-12-5-7-13(8-6-12)14-9-10-15(19-11-14)20-16(17)18/h9-13,16H,2-8H2,1H3/t12-,13-. The van der Waals surface area contributed by atoms with E-state index >= 15 is 0 Å². The first-order valence-corrected chi connectivity index (χ1v) is 7.59. The molecule has 1 heterocycles. The number of alkyl halides is 2. The summed E-state index contributed by atoms with van der Waals surface area (Å²) in [6, 6.07) is 3.42. The highest BCUT2D eigenvalue weighted by Crippen LogP contribution is 2.37. The number of nitrogens with zero attached hydrogens (tertiary/aromatic N) is 1. The molecule has 0 saturated heterocycles. The number of pyridine rings is 1. The van der Waals surface area contributed by atoms with Gasteiger partial charge in [-0.3, -0.25) is 0 Å². The van der Waals surface area contributed by atoms with Gasteiger partial charge in [-0.1, -0.05) is 32.3 Å². The van der Waals surface area contributed by atoms with Gasteiger partial charge in [-0.25, -0.2) is 4.98 Å². The van der Waals surface area contributed by atoms with Gasteiger partial charge in [0.15, 0.2) is 0 Å². The van der Waals surface area contributed by atoms with Crippen LogP contribution in [0.15, 0.2) is 18.3 Å². The van der Waals surface area contributed by atoms with Crippen LogP contribution < -0.4 is 4.74 Å². The molecule has 1 aliphatic rings. The number of halogens is 2. The summed E-state index contributed by atoms with van der Waals surface area (Å²) in [5, 5.41) is 0. The normalized spacial score (nSPS) is 23.0. The largest absolute Gasteiger partial charge is 0.417 e. The van der Waals surface area contributed by atoms with E-state index in [9.17, 15) is 8.78 Å². The number of aromatic nitrogens is 1. The van der Waals surface area contributed by atoms with Gasteiger partial charge in [0.05, 0.1) is 0 Å². The Kier molecular flexibility index (Phi) is 5.74. The fourth-order valence-electron chi connectivity index (χ4n) is 3.07. The molecule has 0 spiro atoms. The second-order valence-electron chi connectivity index (χ2n) is 5.67. The predicted molar refractivity (Wildman–Crippen MR) is 75.1 cm³/mol. The summed E-state index contributed by atoms with van der Waals surface area (Å²) >= 11 is 0. The van der Waals surface area contributed by atoms with Crippen molar-refractivity contribution in [2.45, 2.75) is 64.4 Å². The molecule has 0 aliphatic heterocycles. The Labute approximate surface area is 119 Å². The lowest BCUT2D eigenvalue weighted by atomic mass is 9.77. The minimum atomic E-state index is -2.80. The highest BCUT2D eigenvalue weighted by molar-refractivity contribution is 5.21. The van der Waals surface area contributed by atoms with Crippen molar-refractivity contribution in [2.24, 2.45) is 5.92 Å². The molecule has 1 aliphatic carbocycles. The molecule has 2 nitrogen and oxygen atoms in total. The van der Waals surface area contributed by atoms with E-state index in [0.717, 1.165) is 11.5 Å². The monoisotopic (exact) mass is 283 g/mol. The summed E-state index contributed by atoms with van der Waals surface area (Å²) in [5.74, 6) is 1.40. The van der Waals surface area contributed by atoms with E-state index in [-0.39, 0.29) is 5.88 Å². The number of hydrogen-bond acceptors (Lipinski definition) is 2. The summed E-state index contributed by atoms with van der Waals surface area (Å²) in [6.45, 7) is -0.567. The van der Waals surface area contributed by atoms with Crippen LogP contribution in [0.25, 0.3) is 0 Å². The summed E-state index contributed by atoms with van der Waals surface area (Å²) in [5.41, 5.74) is 1.15. The zero-order valence-electron chi connectivity index (χ0n) is 12.0. The number of ether oxygens (including phenoxy) is 1. The van der Waals surface area contributed by atoms with Crippen molar-refractivity contribution < 1.29 is 13.5 Å². The van der Waals surface area contributed by atoms with Crippen LogP contribution in [0.3, 0.4) is 0 Å². The minimum absolute atomic E-state index is 0.000353. The number of rotatable bonds is 6. The fraction of sp³-hybridized carbons (Fsp3) is 0.688. The van der Waals surface area contributed by atoms with Crippen LogP contribution in [0.4, 0.5) is 8.78 Å². The van der Waals surface area contributed by atoms with Gasteiger partial charge < -0.3 is 4.74 Å². The minimum Gasteiger partial charge on any atom is -0.417 e. The molecule has 20 heavy (non-hydrogen) atoms. The Morgan fingerprint density at radius 3 is 2.55 bits per heavy atom. The third-order valence-electron chi connectivity index (χ3n) is 4.25. The van der Waals surface area contributed by atoms with Crippen LogP contribution >= 0.6 is 0 Å². The van der Waals surface area contributed by atoms with Crippen LogP contribution in [0.2, 0.25) is 0 Å². The van der Waals surface area contributed by atoms with Crippen molar-refractivity contribution in [2.75, 3.05) is 0 Å². The van der Waals surface area contributed by atoms with Gasteiger partial charge in [0.2, 0.25) is 5.88 Å². The average molecular weight is 283 g/mol. The van der Waals surface area contributed by atoms with Crippen molar-refractivity contribution in [3.8, 4) is 5.88 Å². The van der Waals surface area contributed by atoms with Gasteiger partial charge in [-0.15, -0.1) is 0 Å². The summed E-state index contributed by atoms with van der Waals surface area (Å²) in [7, 11) is 0. The number of hydrogen-bond donors (Lipinski definition) is 0. The van der Waals surface area contributed by atoms with Gasteiger partial charge >= 0.3 is 6.61 Å². The van der Waals surface area contributed by atoms with E-state index in [1.165, 1.54) is 44.9 Å². The van der Waals surface area contributed by atoms with E-state index in [2.05, 4.69) is 16.6 Å². The van der Waals surface area contributed by atoms with Crippen LogP contribution in [-0.4, -0.2) is 11.6 Å². The van der Waals surface area contributed by atoms with Gasteiger partial charge in [-0.05, 0) is 43.1 Å². The molecule has 2 rings (SSSR count). The van der Waals surface area contributed by atoms with Crippen molar-refractivity contribution in [3.63, 3.8) is 0 Å². The smallest absolute Gasteiger partial charge is 0.388 e. The van der Waals surface area contributed by atoms with Crippen molar-refractivity contribution in [3.05, 3.63) is 23.9 Å². The first-order valence-electron chi connectivity index (χ1n) is 7.59. The lowest BCUT2D eigenvalue weighted by molar-refractivity contribution is -0.0528. The zero-order valence-corrected chi connectivity index (χ0v) is 12.0. The van der Waals surface area contributed by atoms with Crippen molar-refractivity contribution >= 4 is 0 Å². The molecule has 4 heteroatoms. The number of unbranched alkanes of at least 4 members (excludes halogenated alkanes) is 1. The molecular formula is C16H23F2NO. The van der Waals surface area contributed by atoms with Gasteiger partial charge in [-0.2, -0.15) is 8.78 Å². The molecule has 0 radical (unpaired) electrons. The molecular weight excluding hydrogens is 260 g/mol. The van der Waals surface area contributed by atoms with Gasteiger partial charge in [0.1, 0.15) is 0 Å². The second-order valence-corrected chi connectivity index (χ2v) is 5.67. The van der Waals surface area contributed by atoms with Gasteiger partial charge in [0, 0.05) is 12.3 Å². The predicted octanol–water partition coefficient (Wildman–Crippen LogP) is 5.15. The SMILES string of the molecule is CCCC[C@H]1CC[C@H](c2ccc(OC(F)F)nc2)CC1. The molecule has 0 bridgehead atoms. The van der Waals surface area contributed by atoms with Crippen molar-refractivity contribution in [1.82, 2.24) is 4.98 Å². The van der Waals surface area contributed by atoms with Crippen LogP contribution in [-0.2, 0) is 0 Å². The highest BCUT2D eigenvalue weighted by atomic mass is 19.3. The zero-order chi connectivity index (χ0) is 14.4. The molecule has 1 aromatic heterocycles. The maximum atomic E-state index is 12.1. The Bertz CT molecular complexity index is 386. The first-order chi connectivity index (χ1) is 9.69. The van der Waals surface area contributed by atoms with E-state index < -0.39 is 6.61 Å². The maximum absolute atomic E-state index is 12.1. The van der Waals surface area contributed by atoms with E-state index in [0.29, 0.717) is 5.92 Å². The molecule has 0 amide bonds. The molecule has 112 valence electrons. The molecule has 1 saturated carbocycles. The van der Waals surface area contributed by atoms with Crippen LogP contribution in [0.1, 0.15) is 63.4 Å². The maximum Gasteiger partial charge on any atom is 0.388 e. The third-order valence-corrected chi connectivity index (χ3v) is 4.25. The Balaban J connectivity index is 1.84. The Hall–Kier alpha value is -1.19. The van der Waals surface area contributed by atoms with Crippen LogP contribution in [0, 0.1) is 5.92 Å². The first kappa shape index (κ1) is 15.2. The van der Waals surface area contributed by atoms with E-state index in [4.69, 9.17) is 0 Å². The summed E-state index contributed by atoms with van der Waals surface area (Å²) in [6.07, 6.45) is 10.6. The van der Waals surface area contributed by atoms with E-state index in [1.54, 1.807) is 12.3 Å².